The topological polar surface area (TPSA) is 105 Å². The standard InChI is InChI=1S/C29H28F8N2O5S/c1-15-11-17(25(41)42)5-7-20(15)24(40)39-10-9-26(45(43,44)19-4-2-3-18(30)13-19)21-14-38-22(12-16(21)6-8-23(26)39)27(31,28(32,33)34)29(35,36)37/h2-4,12-15,17,20,23H,5-11H2,1H3,(H,41,42)/t15-,17+,20+,23?,26?/m0/s1. The van der Waals surface area contributed by atoms with Gasteiger partial charge in [0, 0.05) is 18.7 Å². The van der Waals surface area contributed by atoms with E-state index in [1.54, 1.807) is 6.92 Å². The van der Waals surface area contributed by atoms with Crippen LogP contribution in [0.5, 0.6) is 0 Å². The molecule has 1 aromatic heterocycles. The molecule has 1 N–H and O–H groups in total. The number of pyridine rings is 1. The fourth-order valence-electron chi connectivity index (χ4n) is 7.35. The SMILES string of the molecule is C[C@H]1C[C@H](C(=O)O)CC[C@H]1C(=O)N1CCC2(S(=O)(=O)c3cccc(F)c3)c3cnc(C(F)(C(F)(F)F)C(F)(F)F)cc3CCC12. The second-order valence-corrected chi connectivity index (χ2v) is 14.2. The van der Waals surface area contributed by atoms with Crippen LogP contribution in [0, 0.1) is 23.6 Å². The fraction of sp³-hybridized carbons (Fsp3) is 0.552. The molecule has 2 heterocycles. The predicted molar refractivity (Wildman–Crippen MR) is 140 cm³/mol. The molecule has 1 aromatic carbocycles. The summed E-state index contributed by atoms with van der Waals surface area (Å²) in [7, 11) is -4.72. The lowest BCUT2D eigenvalue weighted by Crippen LogP contribution is -2.54. The molecule has 246 valence electrons. The molecular weight excluding hydrogens is 640 g/mol. The first-order valence-electron chi connectivity index (χ1n) is 14.1. The largest absolute Gasteiger partial charge is 0.481 e. The van der Waals surface area contributed by atoms with Gasteiger partial charge in [0.15, 0.2) is 9.84 Å². The smallest absolute Gasteiger partial charge is 0.437 e. The number of carbonyl (C=O) groups excluding carboxylic acids is 1. The molecule has 7 nitrogen and oxygen atoms in total. The molecule has 16 heteroatoms. The van der Waals surface area contributed by atoms with Crippen molar-refractivity contribution in [1.29, 1.82) is 0 Å². The predicted octanol–water partition coefficient (Wildman–Crippen LogP) is 5.86. The number of sulfone groups is 1. The van der Waals surface area contributed by atoms with E-state index in [2.05, 4.69) is 4.98 Å². The van der Waals surface area contributed by atoms with E-state index in [4.69, 9.17) is 0 Å². The van der Waals surface area contributed by atoms with Crippen molar-refractivity contribution in [2.24, 2.45) is 17.8 Å². The van der Waals surface area contributed by atoms with E-state index < -0.39 is 78.8 Å². The minimum absolute atomic E-state index is 0.178. The van der Waals surface area contributed by atoms with Crippen LogP contribution in [-0.2, 0) is 36.3 Å². The van der Waals surface area contributed by atoms with E-state index >= 15 is 0 Å². The number of rotatable bonds is 5. The molecule has 0 spiro atoms. The number of hydrogen-bond donors (Lipinski definition) is 1. The Balaban J connectivity index is 1.64. The Bertz CT molecular complexity index is 1610. The van der Waals surface area contributed by atoms with Crippen LogP contribution in [0.1, 0.15) is 55.8 Å². The molecule has 1 saturated carbocycles. The highest BCUT2D eigenvalue weighted by atomic mass is 32.2. The Morgan fingerprint density at radius 2 is 1.69 bits per heavy atom. The number of halogens is 8. The summed E-state index contributed by atoms with van der Waals surface area (Å²) in [6, 6.07) is 2.99. The van der Waals surface area contributed by atoms with E-state index in [-0.39, 0.29) is 68.2 Å². The van der Waals surface area contributed by atoms with Crippen LogP contribution < -0.4 is 0 Å². The number of carboxylic acids is 1. The minimum Gasteiger partial charge on any atom is -0.481 e. The summed E-state index contributed by atoms with van der Waals surface area (Å²) < 4.78 is 137. The molecule has 2 aliphatic carbocycles. The van der Waals surface area contributed by atoms with E-state index in [0.717, 1.165) is 24.3 Å². The number of amides is 1. The van der Waals surface area contributed by atoms with Crippen molar-refractivity contribution in [3.8, 4) is 0 Å². The highest BCUT2D eigenvalue weighted by molar-refractivity contribution is 7.92. The first kappa shape index (κ1) is 33.1. The zero-order valence-corrected chi connectivity index (χ0v) is 24.4. The zero-order valence-electron chi connectivity index (χ0n) is 23.6. The molecule has 1 saturated heterocycles. The highest BCUT2D eigenvalue weighted by Crippen LogP contribution is 2.56. The fourth-order valence-corrected chi connectivity index (χ4v) is 9.73. The maximum atomic E-state index is 14.9. The van der Waals surface area contributed by atoms with Gasteiger partial charge < -0.3 is 10.0 Å². The number of hydrogen-bond acceptors (Lipinski definition) is 5. The van der Waals surface area contributed by atoms with Gasteiger partial charge in [-0.05, 0) is 79.8 Å². The number of aryl methyl sites for hydroxylation is 1. The third-order valence-electron chi connectivity index (χ3n) is 9.61. The summed E-state index contributed by atoms with van der Waals surface area (Å²) in [5, 5.41) is 9.41. The molecule has 5 atom stereocenters. The molecule has 0 radical (unpaired) electrons. The number of nitrogens with zero attached hydrogens (tertiary/aromatic N) is 2. The molecule has 2 fully saturated rings. The van der Waals surface area contributed by atoms with Crippen LogP contribution in [0.4, 0.5) is 35.1 Å². The molecule has 45 heavy (non-hydrogen) atoms. The number of aliphatic carboxylic acids is 1. The number of aromatic nitrogens is 1. The van der Waals surface area contributed by atoms with Crippen molar-refractivity contribution in [3.05, 3.63) is 59.2 Å². The average molecular weight is 669 g/mol. The molecule has 0 bridgehead atoms. The molecule has 1 amide bonds. The monoisotopic (exact) mass is 668 g/mol. The highest BCUT2D eigenvalue weighted by Gasteiger charge is 2.75. The lowest BCUT2D eigenvalue weighted by Gasteiger charge is -2.44. The summed E-state index contributed by atoms with van der Waals surface area (Å²) >= 11 is 0. The van der Waals surface area contributed by atoms with Crippen LogP contribution >= 0.6 is 0 Å². The van der Waals surface area contributed by atoms with Gasteiger partial charge in [-0.3, -0.25) is 14.6 Å². The Kier molecular flexibility index (Phi) is 8.01. The molecule has 1 aliphatic heterocycles. The third kappa shape index (κ3) is 4.97. The quantitative estimate of drug-likeness (QED) is 0.401. The number of carboxylic acid groups (broad SMARTS) is 1. The normalized spacial score (nSPS) is 27.5. The van der Waals surface area contributed by atoms with Crippen molar-refractivity contribution in [1.82, 2.24) is 9.88 Å². The van der Waals surface area contributed by atoms with Gasteiger partial charge >= 0.3 is 24.0 Å². The summed E-state index contributed by atoms with van der Waals surface area (Å²) in [5.74, 6) is -4.10. The number of likely N-dealkylation sites (tertiary alicyclic amines) is 1. The van der Waals surface area contributed by atoms with Gasteiger partial charge in [-0.25, -0.2) is 17.2 Å². The Hall–Kier alpha value is -3.30. The van der Waals surface area contributed by atoms with Gasteiger partial charge in [-0.2, -0.15) is 26.3 Å². The Morgan fingerprint density at radius 3 is 2.27 bits per heavy atom. The van der Waals surface area contributed by atoms with Crippen molar-refractivity contribution in [2.45, 2.75) is 79.2 Å². The minimum atomic E-state index is -6.44. The van der Waals surface area contributed by atoms with E-state index in [9.17, 15) is 58.2 Å². The number of carbonyl (C=O) groups is 2. The second kappa shape index (κ2) is 10.9. The molecular formula is C29H28F8N2O5S. The van der Waals surface area contributed by atoms with Crippen LogP contribution in [0.2, 0.25) is 0 Å². The zero-order chi connectivity index (χ0) is 33.3. The van der Waals surface area contributed by atoms with E-state index in [0.29, 0.717) is 6.20 Å². The number of fused-ring (bicyclic) bond motifs is 3. The second-order valence-electron chi connectivity index (χ2n) is 12.0. The first-order valence-corrected chi connectivity index (χ1v) is 15.6. The van der Waals surface area contributed by atoms with E-state index in [1.165, 1.54) is 4.90 Å². The maximum Gasteiger partial charge on any atom is 0.437 e. The summed E-state index contributed by atoms with van der Waals surface area (Å²) in [5.41, 5.74) is -8.47. The molecule has 2 unspecified atom stereocenters. The molecule has 3 aliphatic rings. The summed E-state index contributed by atoms with van der Waals surface area (Å²) in [6.07, 6.45) is -12.7. The number of benzene rings is 1. The maximum absolute atomic E-state index is 14.9. The van der Waals surface area contributed by atoms with Crippen molar-refractivity contribution >= 4 is 21.7 Å². The van der Waals surface area contributed by atoms with Crippen molar-refractivity contribution < 1.29 is 58.2 Å². The van der Waals surface area contributed by atoms with Crippen LogP contribution in [0.15, 0.2) is 41.4 Å². The van der Waals surface area contributed by atoms with Crippen LogP contribution in [0.25, 0.3) is 0 Å². The van der Waals surface area contributed by atoms with Gasteiger partial charge in [-0.1, -0.05) is 13.0 Å². The summed E-state index contributed by atoms with van der Waals surface area (Å²) in [6.45, 7) is 1.53. The number of alkyl halides is 7. The van der Waals surface area contributed by atoms with Gasteiger partial charge in [-0.15, -0.1) is 0 Å². The average Bonchev–Trinajstić information content (AvgIpc) is 3.36. The lowest BCUT2D eigenvalue weighted by molar-refractivity contribution is -0.350. The van der Waals surface area contributed by atoms with E-state index in [1.807, 2.05) is 0 Å². The Morgan fingerprint density at radius 1 is 1.02 bits per heavy atom. The first-order chi connectivity index (χ1) is 20.8. The van der Waals surface area contributed by atoms with Crippen molar-refractivity contribution in [2.75, 3.05) is 6.54 Å². The van der Waals surface area contributed by atoms with Crippen LogP contribution in [0.3, 0.4) is 0 Å². The van der Waals surface area contributed by atoms with Gasteiger partial charge in [0.2, 0.25) is 5.91 Å². The Labute approximate surface area is 252 Å². The molecule has 5 rings (SSSR count). The van der Waals surface area contributed by atoms with Crippen LogP contribution in [-0.4, -0.2) is 60.2 Å². The van der Waals surface area contributed by atoms with Gasteiger partial charge in [0.1, 0.15) is 10.6 Å². The molecule has 2 aromatic rings. The van der Waals surface area contributed by atoms with Crippen molar-refractivity contribution in [3.63, 3.8) is 0 Å². The lowest BCUT2D eigenvalue weighted by atomic mass is 9.74. The summed E-state index contributed by atoms with van der Waals surface area (Å²) in [4.78, 5) is 29.4. The third-order valence-corrected chi connectivity index (χ3v) is 12.1. The van der Waals surface area contributed by atoms with Gasteiger partial charge in [0.25, 0.3) is 0 Å². The van der Waals surface area contributed by atoms with Gasteiger partial charge in [0.05, 0.1) is 22.5 Å².